The molecule has 1 aromatic heterocycles. The Hall–Kier alpha value is -3.21. The third-order valence-electron chi connectivity index (χ3n) is 3.82. The number of fused-ring (bicyclic) bond motifs is 1. The van der Waals surface area contributed by atoms with Crippen LogP contribution in [0.4, 0.5) is 0 Å². The van der Waals surface area contributed by atoms with Gasteiger partial charge < -0.3 is 9.47 Å². The average Bonchev–Trinajstić information content (AvgIpc) is 2.66. The van der Waals surface area contributed by atoms with Crippen molar-refractivity contribution in [2.24, 2.45) is 0 Å². The molecule has 5 heteroatoms. The molecule has 0 atom stereocenters. The van der Waals surface area contributed by atoms with E-state index in [4.69, 9.17) is 9.47 Å². The van der Waals surface area contributed by atoms with Gasteiger partial charge in [-0.05, 0) is 29.8 Å². The van der Waals surface area contributed by atoms with Gasteiger partial charge in [0.25, 0.3) is 5.78 Å². The van der Waals surface area contributed by atoms with E-state index in [0.717, 1.165) is 16.3 Å². The van der Waals surface area contributed by atoms with E-state index in [1.807, 2.05) is 42.5 Å². The SMILES string of the molecule is CCOC(=O)C(=O)c1ccc(-c2cccc3ccccc23)nc1OC. The highest BCUT2D eigenvalue weighted by atomic mass is 16.5. The molecule has 0 aliphatic carbocycles. The van der Waals surface area contributed by atoms with E-state index in [2.05, 4.69) is 4.98 Å². The molecule has 0 aliphatic heterocycles. The monoisotopic (exact) mass is 335 g/mol. The van der Waals surface area contributed by atoms with E-state index >= 15 is 0 Å². The molecule has 0 saturated carbocycles. The molecule has 1 heterocycles. The number of ether oxygens (including phenoxy) is 2. The predicted molar refractivity (Wildman–Crippen MR) is 94.7 cm³/mol. The number of aromatic nitrogens is 1. The molecular formula is C20H17NO4. The number of rotatable bonds is 5. The molecular weight excluding hydrogens is 318 g/mol. The summed E-state index contributed by atoms with van der Waals surface area (Å²) < 4.78 is 9.99. The second-order valence-electron chi connectivity index (χ2n) is 5.33. The molecule has 25 heavy (non-hydrogen) atoms. The number of esters is 1. The lowest BCUT2D eigenvalue weighted by Gasteiger charge is -2.10. The van der Waals surface area contributed by atoms with Crippen LogP contribution in [-0.2, 0) is 9.53 Å². The Kier molecular flexibility index (Phi) is 4.75. The largest absolute Gasteiger partial charge is 0.480 e. The minimum atomic E-state index is -0.916. The summed E-state index contributed by atoms with van der Waals surface area (Å²) in [5.41, 5.74) is 1.67. The molecule has 0 radical (unpaired) electrons. The number of benzene rings is 2. The van der Waals surface area contributed by atoms with Crippen LogP contribution < -0.4 is 4.74 Å². The van der Waals surface area contributed by atoms with Gasteiger partial charge in [0, 0.05) is 5.56 Å². The summed E-state index contributed by atoms with van der Waals surface area (Å²) in [6, 6.07) is 17.1. The molecule has 2 aromatic carbocycles. The van der Waals surface area contributed by atoms with Gasteiger partial charge in [-0.15, -0.1) is 0 Å². The van der Waals surface area contributed by atoms with Gasteiger partial charge in [0.15, 0.2) is 0 Å². The lowest BCUT2D eigenvalue weighted by molar-refractivity contribution is -0.137. The smallest absolute Gasteiger partial charge is 0.379 e. The maximum Gasteiger partial charge on any atom is 0.379 e. The van der Waals surface area contributed by atoms with Gasteiger partial charge in [-0.2, -0.15) is 0 Å². The van der Waals surface area contributed by atoms with Crippen LogP contribution in [0.1, 0.15) is 17.3 Å². The maximum absolute atomic E-state index is 12.2. The topological polar surface area (TPSA) is 65.5 Å². The molecule has 0 aliphatic rings. The number of ketones is 1. The summed E-state index contributed by atoms with van der Waals surface area (Å²) in [6.45, 7) is 1.78. The zero-order chi connectivity index (χ0) is 17.8. The molecule has 0 bridgehead atoms. The van der Waals surface area contributed by atoms with Crippen LogP contribution in [-0.4, -0.2) is 30.5 Å². The Bertz CT molecular complexity index is 944. The first-order chi connectivity index (χ1) is 12.2. The standard InChI is InChI=1S/C20H17NO4/c1-3-25-20(23)18(22)16-11-12-17(21-19(16)24-2)15-10-6-8-13-7-4-5-9-14(13)15/h4-12H,3H2,1-2H3. The van der Waals surface area contributed by atoms with Crippen molar-refractivity contribution >= 4 is 22.5 Å². The zero-order valence-electron chi connectivity index (χ0n) is 14.0. The second kappa shape index (κ2) is 7.13. The molecule has 3 aromatic rings. The number of Topliss-reactive ketones (excluding diaryl/α,β-unsaturated/α-hetero) is 1. The average molecular weight is 335 g/mol. The summed E-state index contributed by atoms with van der Waals surface area (Å²) in [5, 5.41) is 2.14. The Labute approximate surface area is 145 Å². The summed E-state index contributed by atoms with van der Waals surface area (Å²) >= 11 is 0. The van der Waals surface area contributed by atoms with Crippen molar-refractivity contribution in [3.8, 4) is 17.1 Å². The quantitative estimate of drug-likeness (QED) is 0.404. The summed E-state index contributed by atoms with van der Waals surface area (Å²) in [6.07, 6.45) is 0. The minimum Gasteiger partial charge on any atom is -0.480 e. The molecule has 126 valence electrons. The van der Waals surface area contributed by atoms with Crippen LogP contribution in [0.2, 0.25) is 0 Å². The van der Waals surface area contributed by atoms with Crippen LogP contribution >= 0.6 is 0 Å². The molecule has 5 nitrogen and oxygen atoms in total. The molecule has 0 unspecified atom stereocenters. The molecule has 0 saturated heterocycles. The summed E-state index contributed by atoms with van der Waals surface area (Å²) in [4.78, 5) is 28.3. The molecule has 0 N–H and O–H groups in total. The van der Waals surface area contributed by atoms with Crippen LogP contribution in [0.15, 0.2) is 54.6 Å². The predicted octanol–water partition coefficient (Wildman–Crippen LogP) is 3.66. The summed E-state index contributed by atoms with van der Waals surface area (Å²) in [5.74, 6) is -1.58. The van der Waals surface area contributed by atoms with Gasteiger partial charge >= 0.3 is 5.97 Å². The first kappa shape index (κ1) is 16.6. The first-order valence-electron chi connectivity index (χ1n) is 7.90. The fraction of sp³-hybridized carbons (Fsp3) is 0.150. The van der Waals surface area contributed by atoms with Crippen LogP contribution in [0.3, 0.4) is 0 Å². The minimum absolute atomic E-state index is 0.0879. The highest BCUT2D eigenvalue weighted by molar-refractivity contribution is 6.41. The van der Waals surface area contributed by atoms with Crippen LogP contribution in [0, 0.1) is 0 Å². The number of methoxy groups -OCH3 is 1. The van der Waals surface area contributed by atoms with E-state index in [0.29, 0.717) is 5.69 Å². The van der Waals surface area contributed by atoms with Crippen molar-refractivity contribution in [1.29, 1.82) is 0 Å². The number of hydrogen-bond donors (Lipinski definition) is 0. The van der Waals surface area contributed by atoms with Gasteiger partial charge in [0.1, 0.15) is 0 Å². The first-order valence-corrected chi connectivity index (χ1v) is 7.90. The highest BCUT2D eigenvalue weighted by Crippen LogP contribution is 2.29. The Balaban J connectivity index is 2.07. The normalized spacial score (nSPS) is 10.5. The number of hydrogen-bond acceptors (Lipinski definition) is 5. The molecule has 0 fully saturated rings. The van der Waals surface area contributed by atoms with Crippen molar-refractivity contribution in [3.05, 3.63) is 60.2 Å². The van der Waals surface area contributed by atoms with Crippen LogP contribution in [0.25, 0.3) is 22.0 Å². The van der Waals surface area contributed by atoms with Crippen molar-refractivity contribution in [3.63, 3.8) is 0 Å². The fourth-order valence-electron chi connectivity index (χ4n) is 2.67. The number of carbonyl (C=O) groups excluding carboxylic acids is 2. The van der Waals surface area contributed by atoms with E-state index in [1.165, 1.54) is 7.11 Å². The molecule has 3 rings (SSSR count). The zero-order valence-corrected chi connectivity index (χ0v) is 14.0. The van der Waals surface area contributed by atoms with Gasteiger partial charge in [0.2, 0.25) is 5.88 Å². The highest BCUT2D eigenvalue weighted by Gasteiger charge is 2.23. The van der Waals surface area contributed by atoms with Crippen molar-refractivity contribution in [2.45, 2.75) is 6.92 Å². The number of nitrogens with zero attached hydrogens (tertiary/aromatic N) is 1. The van der Waals surface area contributed by atoms with Crippen molar-refractivity contribution in [2.75, 3.05) is 13.7 Å². The molecule has 0 amide bonds. The maximum atomic E-state index is 12.2. The second-order valence-corrected chi connectivity index (χ2v) is 5.33. The fourth-order valence-corrected chi connectivity index (χ4v) is 2.67. The van der Waals surface area contributed by atoms with Gasteiger partial charge in [-0.3, -0.25) is 4.79 Å². The van der Waals surface area contributed by atoms with Gasteiger partial charge in [0.05, 0.1) is 25.0 Å². The molecule has 0 spiro atoms. The van der Waals surface area contributed by atoms with E-state index in [-0.39, 0.29) is 18.1 Å². The van der Waals surface area contributed by atoms with E-state index in [9.17, 15) is 9.59 Å². The lowest BCUT2D eigenvalue weighted by atomic mass is 10.0. The van der Waals surface area contributed by atoms with Crippen molar-refractivity contribution in [1.82, 2.24) is 4.98 Å². The third-order valence-corrected chi connectivity index (χ3v) is 3.82. The Morgan fingerprint density at radius 3 is 2.52 bits per heavy atom. The van der Waals surface area contributed by atoms with Crippen molar-refractivity contribution < 1.29 is 19.1 Å². The van der Waals surface area contributed by atoms with E-state index in [1.54, 1.807) is 19.1 Å². The third kappa shape index (κ3) is 3.21. The van der Waals surface area contributed by atoms with E-state index < -0.39 is 11.8 Å². The van der Waals surface area contributed by atoms with Crippen LogP contribution in [0.5, 0.6) is 5.88 Å². The Morgan fingerprint density at radius 2 is 1.76 bits per heavy atom. The lowest BCUT2D eigenvalue weighted by Crippen LogP contribution is -2.18. The summed E-state index contributed by atoms with van der Waals surface area (Å²) in [7, 11) is 1.41. The number of pyridine rings is 1. The number of carbonyl (C=O) groups is 2. The Morgan fingerprint density at radius 1 is 1.00 bits per heavy atom. The van der Waals surface area contributed by atoms with Gasteiger partial charge in [-0.1, -0.05) is 42.5 Å². The van der Waals surface area contributed by atoms with Gasteiger partial charge in [-0.25, -0.2) is 9.78 Å².